The molecule has 3 amide bonds. The molecule has 38 heavy (non-hydrogen) atoms. The smallest absolute Gasteiger partial charge is 0.246 e. The van der Waals surface area contributed by atoms with E-state index in [1.165, 1.54) is 5.56 Å². The zero-order valence-corrected chi connectivity index (χ0v) is 23.1. The van der Waals surface area contributed by atoms with E-state index in [0.29, 0.717) is 30.0 Å². The number of hydrogen-bond donors (Lipinski definition) is 2. The Morgan fingerprint density at radius 3 is 2.58 bits per heavy atom. The van der Waals surface area contributed by atoms with Crippen LogP contribution >= 0.6 is 0 Å². The van der Waals surface area contributed by atoms with E-state index in [1.807, 2.05) is 36.4 Å². The van der Waals surface area contributed by atoms with Crippen LogP contribution in [0.1, 0.15) is 58.4 Å². The summed E-state index contributed by atoms with van der Waals surface area (Å²) in [7, 11) is 1.57. The molecule has 3 fully saturated rings. The second-order valence-corrected chi connectivity index (χ2v) is 11.9. The lowest BCUT2D eigenvalue weighted by Gasteiger charge is -2.38. The number of nitrogens with zero attached hydrogens (tertiary/aromatic N) is 1. The van der Waals surface area contributed by atoms with Crippen LogP contribution in [0.3, 0.4) is 0 Å². The molecule has 1 spiro atoms. The quantitative estimate of drug-likeness (QED) is 0.509. The van der Waals surface area contributed by atoms with E-state index >= 15 is 0 Å². The summed E-state index contributed by atoms with van der Waals surface area (Å²) >= 11 is 0. The molecule has 1 saturated carbocycles. The summed E-state index contributed by atoms with van der Waals surface area (Å²) in [6.45, 7) is 9.20. The van der Waals surface area contributed by atoms with Crippen LogP contribution in [0, 0.1) is 23.7 Å². The van der Waals surface area contributed by atoms with Crippen molar-refractivity contribution in [3.63, 3.8) is 0 Å². The first-order chi connectivity index (χ1) is 18.2. The Bertz CT molecular complexity index is 1100. The molecule has 1 aliphatic carbocycles. The van der Waals surface area contributed by atoms with Gasteiger partial charge in [-0.15, -0.1) is 0 Å². The number of likely N-dealkylation sites (tertiary alicyclic amines) is 1. The summed E-state index contributed by atoms with van der Waals surface area (Å²) < 4.78 is 11.7. The van der Waals surface area contributed by atoms with E-state index in [9.17, 15) is 14.4 Å². The number of rotatable bonds is 8. The van der Waals surface area contributed by atoms with Crippen LogP contribution in [0.25, 0.3) is 0 Å². The van der Waals surface area contributed by atoms with E-state index < -0.39 is 29.6 Å². The number of nitrogens with one attached hydrogen (secondary N) is 2. The van der Waals surface area contributed by atoms with Crippen LogP contribution in [-0.4, -0.2) is 66.7 Å². The summed E-state index contributed by atoms with van der Waals surface area (Å²) in [4.78, 5) is 42.9. The first kappa shape index (κ1) is 26.9. The Morgan fingerprint density at radius 1 is 1.16 bits per heavy atom. The first-order valence-corrected chi connectivity index (χ1v) is 14.1. The number of fused-ring (bicyclic) bond motifs is 1. The van der Waals surface area contributed by atoms with Gasteiger partial charge in [0.1, 0.15) is 11.6 Å². The summed E-state index contributed by atoms with van der Waals surface area (Å²) in [5.41, 5.74) is 0.701. The van der Waals surface area contributed by atoms with Crippen molar-refractivity contribution in [1.29, 1.82) is 0 Å². The second-order valence-electron chi connectivity index (χ2n) is 11.9. The average molecular weight is 524 g/mol. The third kappa shape index (κ3) is 4.45. The van der Waals surface area contributed by atoms with Crippen LogP contribution in [0.4, 0.5) is 5.69 Å². The Balaban J connectivity index is 1.40. The topological polar surface area (TPSA) is 97.0 Å². The SMILES string of the molecule is COCCN1C(=O)[C@H]2[C@H](C(=O)Nc3ccc(C(C)C)cc3)[C@H]3C=C[C@@]2(O3)[C@@H]1C(=O)N[C@@H]1CCC[C@@H](C)[C@H]1C. The van der Waals surface area contributed by atoms with Gasteiger partial charge in [-0.2, -0.15) is 0 Å². The fourth-order valence-corrected chi connectivity index (χ4v) is 6.92. The maximum atomic E-state index is 13.9. The molecule has 8 atom stereocenters. The van der Waals surface area contributed by atoms with Gasteiger partial charge in [0, 0.05) is 25.4 Å². The molecule has 0 aromatic heterocycles. The lowest BCUT2D eigenvalue weighted by Crippen LogP contribution is -2.58. The standard InChI is InChI=1S/C30H41N3O5/c1-17(2)20-9-11-21(12-10-20)31-27(34)24-23-13-14-30(38-23)25(24)29(36)33(15-16-37-5)26(30)28(35)32-22-8-6-7-18(3)19(22)4/h9-14,17-19,22-26H,6-8,15-16H2,1-5H3,(H,31,34)(H,32,35)/t18-,19-,22-,23-,24-,25-,26+,30+/m1/s1. The van der Waals surface area contributed by atoms with E-state index in [0.717, 1.165) is 19.3 Å². The van der Waals surface area contributed by atoms with Gasteiger partial charge in [-0.05, 0) is 41.9 Å². The highest BCUT2D eigenvalue weighted by atomic mass is 16.5. The van der Waals surface area contributed by atoms with Gasteiger partial charge in [0.15, 0.2) is 0 Å². The van der Waals surface area contributed by atoms with Crippen LogP contribution in [0.5, 0.6) is 0 Å². The molecule has 4 aliphatic rings. The minimum Gasteiger partial charge on any atom is -0.383 e. The van der Waals surface area contributed by atoms with Crippen LogP contribution in [0.15, 0.2) is 36.4 Å². The van der Waals surface area contributed by atoms with Crippen molar-refractivity contribution in [1.82, 2.24) is 10.2 Å². The van der Waals surface area contributed by atoms with Gasteiger partial charge in [0.2, 0.25) is 17.7 Å². The number of carbonyl (C=O) groups excluding carboxylic acids is 3. The molecule has 8 nitrogen and oxygen atoms in total. The first-order valence-electron chi connectivity index (χ1n) is 14.1. The highest BCUT2D eigenvalue weighted by molar-refractivity contribution is 6.02. The number of amides is 3. The number of anilines is 1. The highest BCUT2D eigenvalue weighted by Gasteiger charge is 2.72. The maximum Gasteiger partial charge on any atom is 0.246 e. The van der Waals surface area contributed by atoms with Crippen molar-refractivity contribution in [3.8, 4) is 0 Å². The summed E-state index contributed by atoms with van der Waals surface area (Å²) in [5.74, 6) is -0.914. The third-order valence-electron chi connectivity index (χ3n) is 9.34. The molecule has 2 N–H and O–H groups in total. The fraction of sp³-hybridized carbons (Fsp3) is 0.633. The minimum absolute atomic E-state index is 0.0524. The zero-order valence-electron chi connectivity index (χ0n) is 23.1. The lowest BCUT2D eigenvalue weighted by atomic mass is 9.73. The minimum atomic E-state index is -1.16. The van der Waals surface area contributed by atoms with Crippen molar-refractivity contribution >= 4 is 23.4 Å². The van der Waals surface area contributed by atoms with Gasteiger partial charge in [-0.3, -0.25) is 14.4 Å². The molecule has 1 aromatic rings. The summed E-state index contributed by atoms with van der Waals surface area (Å²) in [6, 6.07) is 6.98. The molecular weight excluding hydrogens is 482 g/mol. The molecule has 2 saturated heterocycles. The molecule has 5 rings (SSSR count). The van der Waals surface area contributed by atoms with Crippen molar-refractivity contribution in [2.45, 2.75) is 76.7 Å². The molecule has 8 heteroatoms. The third-order valence-corrected chi connectivity index (χ3v) is 9.34. The maximum absolute atomic E-state index is 13.9. The summed E-state index contributed by atoms with van der Waals surface area (Å²) in [6.07, 6.45) is 6.30. The molecule has 1 aromatic carbocycles. The number of hydrogen-bond acceptors (Lipinski definition) is 5. The Morgan fingerprint density at radius 2 is 1.89 bits per heavy atom. The monoisotopic (exact) mass is 523 g/mol. The largest absolute Gasteiger partial charge is 0.383 e. The predicted octanol–water partition coefficient (Wildman–Crippen LogP) is 3.49. The van der Waals surface area contributed by atoms with Gasteiger partial charge < -0.3 is 25.0 Å². The molecule has 2 bridgehead atoms. The molecule has 3 heterocycles. The van der Waals surface area contributed by atoms with Gasteiger partial charge >= 0.3 is 0 Å². The van der Waals surface area contributed by atoms with Crippen molar-refractivity contribution < 1.29 is 23.9 Å². The van der Waals surface area contributed by atoms with E-state index in [-0.39, 0.29) is 30.3 Å². The Labute approximate surface area is 225 Å². The molecule has 3 aliphatic heterocycles. The zero-order chi connectivity index (χ0) is 27.2. The Hall–Kier alpha value is -2.71. The van der Waals surface area contributed by atoms with Gasteiger partial charge in [0.05, 0.1) is 24.5 Å². The van der Waals surface area contributed by atoms with Crippen LogP contribution < -0.4 is 10.6 Å². The predicted molar refractivity (Wildman–Crippen MR) is 144 cm³/mol. The molecule has 0 unspecified atom stereocenters. The van der Waals surface area contributed by atoms with Gasteiger partial charge in [-0.25, -0.2) is 0 Å². The number of methoxy groups -OCH3 is 1. The summed E-state index contributed by atoms with van der Waals surface area (Å²) in [5, 5.41) is 6.26. The van der Waals surface area contributed by atoms with E-state index in [4.69, 9.17) is 9.47 Å². The van der Waals surface area contributed by atoms with E-state index in [1.54, 1.807) is 12.0 Å². The van der Waals surface area contributed by atoms with Crippen LogP contribution in [0.2, 0.25) is 0 Å². The number of carbonyl (C=O) groups is 3. The molecule has 206 valence electrons. The number of ether oxygens (including phenoxy) is 2. The normalized spacial score (nSPS) is 35.6. The van der Waals surface area contributed by atoms with E-state index in [2.05, 4.69) is 38.3 Å². The Kier molecular flexibility index (Phi) is 7.40. The second kappa shape index (κ2) is 10.5. The van der Waals surface area contributed by atoms with Crippen LogP contribution in [-0.2, 0) is 23.9 Å². The molecular formula is C30H41N3O5. The van der Waals surface area contributed by atoms with Gasteiger partial charge in [-0.1, -0.05) is 64.8 Å². The van der Waals surface area contributed by atoms with Crippen molar-refractivity contribution in [2.75, 3.05) is 25.6 Å². The van der Waals surface area contributed by atoms with Gasteiger partial charge in [0.25, 0.3) is 0 Å². The average Bonchev–Trinajstić information content (AvgIpc) is 3.53. The fourth-order valence-electron chi connectivity index (χ4n) is 6.92. The highest BCUT2D eigenvalue weighted by Crippen LogP contribution is 2.55. The molecule has 0 radical (unpaired) electrons. The van der Waals surface area contributed by atoms with Crippen molar-refractivity contribution in [3.05, 3.63) is 42.0 Å². The number of benzene rings is 1. The lowest BCUT2D eigenvalue weighted by molar-refractivity contribution is -0.142. The van der Waals surface area contributed by atoms with Crippen molar-refractivity contribution in [2.24, 2.45) is 23.7 Å².